The molecule has 0 atom stereocenters. The molecule has 6 heteroatoms. The van der Waals surface area contributed by atoms with Gasteiger partial charge in [-0.05, 0) is 30.3 Å². The molecule has 3 rings (SSSR count). The number of aromatic nitrogens is 2. The molecular formula is C14H8Cl3N3. The number of benzene rings is 2. The molecule has 0 radical (unpaired) electrons. The van der Waals surface area contributed by atoms with E-state index in [2.05, 4.69) is 15.3 Å². The van der Waals surface area contributed by atoms with Gasteiger partial charge in [0, 0.05) is 21.1 Å². The molecule has 0 fully saturated rings. The molecule has 3 aromatic rings. The molecule has 0 saturated heterocycles. The molecular weight excluding hydrogens is 317 g/mol. The van der Waals surface area contributed by atoms with Crippen LogP contribution in [0.15, 0.2) is 42.5 Å². The Hall–Kier alpha value is -1.55. The minimum absolute atomic E-state index is 0.395. The van der Waals surface area contributed by atoms with Gasteiger partial charge in [-0.2, -0.15) is 0 Å². The van der Waals surface area contributed by atoms with Crippen molar-refractivity contribution in [3.63, 3.8) is 0 Å². The average molecular weight is 325 g/mol. The van der Waals surface area contributed by atoms with Gasteiger partial charge in [-0.1, -0.05) is 46.9 Å². The molecule has 0 spiro atoms. The summed E-state index contributed by atoms with van der Waals surface area (Å²) in [7, 11) is 0. The van der Waals surface area contributed by atoms with Crippen molar-refractivity contribution in [1.29, 1.82) is 0 Å². The largest absolute Gasteiger partial charge is 0.324 e. The number of hydrogen-bond acceptors (Lipinski definition) is 3. The second kappa shape index (κ2) is 5.44. The van der Waals surface area contributed by atoms with Crippen molar-refractivity contribution in [2.24, 2.45) is 0 Å². The number of anilines is 2. The summed E-state index contributed by atoms with van der Waals surface area (Å²) in [6.45, 7) is 0. The Labute approximate surface area is 130 Å². The van der Waals surface area contributed by atoms with Crippen LogP contribution in [0.5, 0.6) is 0 Å². The van der Waals surface area contributed by atoms with E-state index in [4.69, 9.17) is 34.8 Å². The summed E-state index contributed by atoms with van der Waals surface area (Å²) in [5, 5.41) is 5.32. The molecule has 1 N–H and O–H groups in total. The van der Waals surface area contributed by atoms with E-state index in [0.29, 0.717) is 26.8 Å². The molecule has 0 bridgehead atoms. The Balaban J connectivity index is 2.02. The van der Waals surface area contributed by atoms with Crippen molar-refractivity contribution in [3.05, 3.63) is 57.7 Å². The van der Waals surface area contributed by atoms with Crippen molar-refractivity contribution in [1.82, 2.24) is 9.97 Å². The zero-order chi connectivity index (χ0) is 14.1. The van der Waals surface area contributed by atoms with Gasteiger partial charge >= 0.3 is 0 Å². The Morgan fingerprint density at radius 1 is 0.850 bits per heavy atom. The SMILES string of the molecule is Clc1cc(Cl)cc(Nc2nc(Cl)c3ccccc3n2)c1. The van der Waals surface area contributed by atoms with Gasteiger partial charge in [-0.15, -0.1) is 0 Å². The van der Waals surface area contributed by atoms with Gasteiger partial charge in [-0.3, -0.25) is 0 Å². The lowest BCUT2D eigenvalue weighted by molar-refractivity contribution is 1.21. The fourth-order valence-electron chi connectivity index (χ4n) is 1.85. The standard InChI is InChI=1S/C14H8Cl3N3/c15-8-5-9(16)7-10(6-8)18-14-19-12-4-2-1-3-11(12)13(17)20-14/h1-7H,(H,18,19,20). The first-order valence-corrected chi connectivity index (χ1v) is 6.90. The van der Waals surface area contributed by atoms with Crippen LogP contribution < -0.4 is 5.32 Å². The molecule has 2 aromatic carbocycles. The molecule has 1 heterocycles. The highest BCUT2D eigenvalue weighted by Gasteiger charge is 2.06. The number of fused-ring (bicyclic) bond motifs is 1. The number of nitrogens with one attached hydrogen (secondary N) is 1. The maximum atomic E-state index is 6.15. The normalized spacial score (nSPS) is 10.8. The van der Waals surface area contributed by atoms with E-state index in [1.165, 1.54) is 0 Å². The smallest absolute Gasteiger partial charge is 0.229 e. The van der Waals surface area contributed by atoms with Crippen LogP contribution in [-0.2, 0) is 0 Å². The predicted octanol–water partition coefficient (Wildman–Crippen LogP) is 5.33. The van der Waals surface area contributed by atoms with E-state index >= 15 is 0 Å². The summed E-state index contributed by atoms with van der Waals surface area (Å²) >= 11 is 18.1. The molecule has 0 aliphatic heterocycles. The Morgan fingerprint density at radius 3 is 2.30 bits per heavy atom. The monoisotopic (exact) mass is 323 g/mol. The molecule has 0 amide bonds. The van der Waals surface area contributed by atoms with E-state index in [-0.39, 0.29) is 0 Å². The highest BCUT2D eigenvalue weighted by Crippen LogP contribution is 2.26. The second-order valence-electron chi connectivity index (χ2n) is 4.14. The fourth-order valence-corrected chi connectivity index (χ4v) is 2.61. The lowest BCUT2D eigenvalue weighted by Crippen LogP contribution is -1.98. The topological polar surface area (TPSA) is 37.8 Å². The molecule has 3 nitrogen and oxygen atoms in total. The average Bonchev–Trinajstić information content (AvgIpc) is 2.37. The summed E-state index contributed by atoms with van der Waals surface area (Å²) < 4.78 is 0. The van der Waals surface area contributed by atoms with Crippen molar-refractivity contribution in [3.8, 4) is 0 Å². The fraction of sp³-hybridized carbons (Fsp3) is 0. The maximum Gasteiger partial charge on any atom is 0.229 e. The number of halogens is 3. The minimum Gasteiger partial charge on any atom is -0.324 e. The first kappa shape index (κ1) is 13.4. The van der Waals surface area contributed by atoms with Crippen molar-refractivity contribution >= 4 is 57.3 Å². The number of nitrogens with zero attached hydrogens (tertiary/aromatic N) is 2. The van der Waals surface area contributed by atoms with E-state index in [0.717, 1.165) is 10.9 Å². The Bertz CT molecular complexity index is 769. The zero-order valence-corrected chi connectivity index (χ0v) is 12.3. The van der Waals surface area contributed by atoms with Crippen LogP contribution in [0.4, 0.5) is 11.6 Å². The van der Waals surface area contributed by atoms with Crippen LogP contribution >= 0.6 is 34.8 Å². The maximum absolute atomic E-state index is 6.15. The number of rotatable bonds is 2. The quantitative estimate of drug-likeness (QED) is 0.647. The molecule has 20 heavy (non-hydrogen) atoms. The summed E-state index contributed by atoms with van der Waals surface area (Å²) in [4.78, 5) is 8.61. The van der Waals surface area contributed by atoms with Crippen LogP contribution in [0.3, 0.4) is 0 Å². The third kappa shape index (κ3) is 2.80. The highest BCUT2D eigenvalue weighted by atomic mass is 35.5. The van der Waals surface area contributed by atoms with E-state index in [1.54, 1.807) is 18.2 Å². The number of hydrogen-bond donors (Lipinski definition) is 1. The van der Waals surface area contributed by atoms with Gasteiger partial charge in [0.25, 0.3) is 0 Å². The van der Waals surface area contributed by atoms with Gasteiger partial charge < -0.3 is 5.32 Å². The van der Waals surface area contributed by atoms with Gasteiger partial charge in [-0.25, -0.2) is 9.97 Å². The first-order chi connectivity index (χ1) is 9.61. The van der Waals surface area contributed by atoms with Crippen molar-refractivity contribution in [2.75, 3.05) is 5.32 Å². The Morgan fingerprint density at radius 2 is 1.55 bits per heavy atom. The highest BCUT2D eigenvalue weighted by molar-refractivity contribution is 6.35. The van der Waals surface area contributed by atoms with Gasteiger partial charge in [0.15, 0.2) is 0 Å². The molecule has 1 aromatic heterocycles. The summed E-state index contributed by atoms with van der Waals surface area (Å²) in [5.41, 5.74) is 1.47. The molecule has 0 aliphatic carbocycles. The van der Waals surface area contributed by atoms with Crippen LogP contribution in [0.2, 0.25) is 15.2 Å². The van der Waals surface area contributed by atoms with Crippen LogP contribution in [0.25, 0.3) is 10.9 Å². The summed E-state index contributed by atoms with van der Waals surface area (Å²) in [6, 6.07) is 12.7. The predicted molar refractivity (Wildman–Crippen MR) is 84.3 cm³/mol. The number of para-hydroxylation sites is 1. The summed E-state index contributed by atoms with van der Waals surface area (Å²) in [5.74, 6) is 0.395. The Kier molecular flexibility index (Phi) is 3.66. The molecule has 0 aliphatic rings. The first-order valence-electron chi connectivity index (χ1n) is 5.77. The second-order valence-corrected chi connectivity index (χ2v) is 5.37. The molecule has 0 unspecified atom stereocenters. The van der Waals surface area contributed by atoms with Gasteiger partial charge in [0.2, 0.25) is 5.95 Å². The zero-order valence-electron chi connectivity index (χ0n) is 10.1. The van der Waals surface area contributed by atoms with E-state index < -0.39 is 0 Å². The third-order valence-corrected chi connectivity index (χ3v) is 3.40. The minimum atomic E-state index is 0.395. The summed E-state index contributed by atoms with van der Waals surface area (Å²) in [6.07, 6.45) is 0. The molecule has 100 valence electrons. The van der Waals surface area contributed by atoms with Crippen molar-refractivity contribution < 1.29 is 0 Å². The van der Waals surface area contributed by atoms with Gasteiger partial charge in [0.1, 0.15) is 5.15 Å². The van der Waals surface area contributed by atoms with E-state index in [9.17, 15) is 0 Å². The third-order valence-electron chi connectivity index (χ3n) is 2.68. The van der Waals surface area contributed by atoms with Gasteiger partial charge in [0.05, 0.1) is 5.52 Å². The lowest BCUT2D eigenvalue weighted by Gasteiger charge is -2.08. The van der Waals surface area contributed by atoms with Crippen molar-refractivity contribution in [2.45, 2.75) is 0 Å². The lowest BCUT2D eigenvalue weighted by atomic mass is 10.2. The van der Waals surface area contributed by atoms with Crippen LogP contribution in [0.1, 0.15) is 0 Å². The van der Waals surface area contributed by atoms with Crippen LogP contribution in [0, 0.1) is 0 Å². The molecule has 0 saturated carbocycles. The van der Waals surface area contributed by atoms with E-state index in [1.807, 2.05) is 24.3 Å². The van der Waals surface area contributed by atoms with Crippen LogP contribution in [-0.4, -0.2) is 9.97 Å².